The van der Waals surface area contributed by atoms with Crippen molar-refractivity contribution in [3.63, 3.8) is 0 Å². The molecule has 3 N–H and O–H groups in total. The van der Waals surface area contributed by atoms with Crippen molar-refractivity contribution >= 4 is 33.0 Å². The zero-order valence-electron chi connectivity index (χ0n) is 23.8. The summed E-state index contributed by atoms with van der Waals surface area (Å²) < 4.78 is 38.5. The average Bonchev–Trinajstić information content (AvgIpc) is 2.98. The second kappa shape index (κ2) is 12.0. The summed E-state index contributed by atoms with van der Waals surface area (Å²) in [6.45, 7) is 7.03. The number of carbonyl (C=O) groups is 1. The van der Waals surface area contributed by atoms with Gasteiger partial charge in [-0.05, 0) is 68.1 Å². The molecule has 2 aliphatic heterocycles. The third-order valence-electron chi connectivity index (χ3n) is 8.16. The van der Waals surface area contributed by atoms with Gasteiger partial charge in [-0.15, -0.1) is 0 Å². The number of piperazine rings is 1. The summed E-state index contributed by atoms with van der Waals surface area (Å²) in [5.41, 5.74) is 5.36. The largest absolute Gasteiger partial charge is 0.382 e. The van der Waals surface area contributed by atoms with E-state index in [1.54, 1.807) is 9.80 Å². The summed E-state index contributed by atoms with van der Waals surface area (Å²) in [7, 11) is -4.25. The van der Waals surface area contributed by atoms with Gasteiger partial charge in [0.2, 0.25) is 10.0 Å². The third-order valence-corrected chi connectivity index (χ3v) is 9.13. The van der Waals surface area contributed by atoms with Crippen LogP contribution in [0.1, 0.15) is 39.9 Å². The maximum Gasteiger partial charge on any atom is 0.254 e. The highest BCUT2D eigenvalue weighted by molar-refractivity contribution is 7.89. The second-order valence-electron chi connectivity index (χ2n) is 10.9. The zero-order chi connectivity index (χ0) is 30.0. The van der Waals surface area contributed by atoms with Crippen molar-refractivity contribution < 1.29 is 17.6 Å². The Kier molecular flexibility index (Phi) is 8.38. The number of sulfonamides is 1. The SMILES string of the molecule is Cc1cc(C)c(C(=O)N2CCN(c3cccc(F)c3S(N)(=O)=O)CC2)cc1NC1CCN(c2ccccc2C#N)CC1. The number of aryl methyl sites for hydroxylation is 2. The molecule has 3 aromatic rings. The van der Waals surface area contributed by atoms with Crippen molar-refractivity contribution in [2.24, 2.45) is 5.14 Å². The number of nitrogens with one attached hydrogen (secondary N) is 1. The molecule has 9 nitrogen and oxygen atoms in total. The average molecular weight is 591 g/mol. The summed E-state index contributed by atoms with van der Waals surface area (Å²) in [5, 5.41) is 18.4. The van der Waals surface area contributed by atoms with E-state index in [-0.39, 0.29) is 17.6 Å². The van der Waals surface area contributed by atoms with Crippen molar-refractivity contribution in [2.45, 2.75) is 37.6 Å². The molecule has 2 fully saturated rings. The first-order valence-corrected chi connectivity index (χ1v) is 15.6. The van der Waals surface area contributed by atoms with E-state index < -0.39 is 20.7 Å². The molecule has 0 unspecified atom stereocenters. The van der Waals surface area contributed by atoms with E-state index in [1.807, 2.05) is 50.2 Å². The number of benzene rings is 3. The van der Waals surface area contributed by atoms with Crippen molar-refractivity contribution in [1.29, 1.82) is 5.26 Å². The lowest BCUT2D eigenvalue weighted by Gasteiger charge is -2.37. The number of rotatable bonds is 6. The lowest BCUT2D eigenvalue weighted by molar-refractivity contribution is 0.0746. The predicted octanol–water partition coefficient (Wildman–Crippen LogP) is 4.00. The summed E-state index contributed by atoms with van der Waals surface area (Å²) in [4.78, 5) is 18.9. The Bertz CT molecular complexity index is 1640. The molecule has 42 heavy (non-hydrogen) atoms. The highest BCUT2D eigenvalue weighted by atomic mass is 32.2. The van der Waals surface area contributed by atoms with Gasteiger partial charge in [-0.1, -0.05) is 24.3 Å². The zero-order valence-corrected chi connectivity index (χ0v) is 24.6. The van der Waals surface area contributed by atoms with Gasteiger partial charge in [-0.2, -0.15) is 5.26 Å². The van der Waals surface area contributed by atoms with E-state index in [1.165, 1.54) is 12.1 Å². The van der Waals surface area contributed by atoms with Crippen molar-refractivity contribution in [3.05, 3.63) is 82.7 Å². The minimum absolute atomic E-state index is 0.0935. The van der Waals surface area contributed by atoms with Gasteiger partial charge < -0.3 is 20.0 Å². The third kappa shape index (κ3) is 6.05. The number of nitrogens with two attached hydrogens (primary N) is 1. The van der Waals surface area contributed by atoms with Crippen LogP contribution in [0.5, 0.6) is 0 Å². The molecule has 0 radical (unpaired) electrons. The summed E-state index contributed by atoms with van der Waals surface area (Å²) >= 11 is 0. The Labute approximate surface area is 246 Å². The van der Waals surface area contributed by atoms with Crippen molar-refractivity contribution in [1.82, 2.24) is 4.90 Å². The van der Waals surface area contributed by atoms with E-state index in [0.29, 0.717) is 37.3 Å². The van der Waals surface area contributed by atoms with Gasteiger partial charge in [-0.3, -0.25) is 4.79 Å². The molecular weight excluding hydrogens is 555 g/mol. The normalized spacial score (nSPS) is 16.3. The molecule has 2 saturated heterocycles. The quantitative estimate of drug-likeness (QED) is 0.445. The van der Waals surface area contributed by atoms with Crippen LogP contribution >= 0.6 is 0 Å². The maximum absolute atomic E-state index is 14.4. The number of hydrogen-bond acceptors (Lipinski definition) is 7. The molecule has 1 amide bonds. The first-order chi connectivity index (χ1) is 20.1. The lowest BCUT2D eigenvalue weighted by atomic mass is 9.99. The van der Waals surface area contributed by atoms with E-state index in [4.69, 9.17) is 5.14 Å². The van der Waals surface area contributed by atoms with Gasteiger partial charge in [0.05, 0.1) is 16.9 Å². The second-order valence-corrected chi connectivity index (χ2v) is 12.4. The molecule has 220 valence electrons. The van der Waals surface area contributed by atoms with Crippen LogP contribution in [0.3, 0.4) is 0 Å². The van der Waals surface area contributed by atoms with Crippen LogP contribution < -0.4 is 20.3 Å². The Morgan fingerprint density at radius 2 is 1.57 bits per heavy atom. The number of amides is 1. The van der Waals surface area contributed by atoms with Crippen molar-refractivity contribution in [3.8, 4) is 6.07 Å². The molecule has 0 bridgehead atoms. The fourth-order valence-corrected chi connectivity index (χ4v) is 6.74. The molecule has 0 aliphatic carbocycles. The van der Waals surface area contributed by atoms with Gasteiger partial charge in [0, 0.05) is 56.6 Å². The summed E-state index contributed by atoms with van der Waals surface area (Å²) in [5.74, 6) is -0.981. The minimum Gasteiger partial charge on any atom is -0.382 e. The van der Waals surface area contributed by atoms with Crippen LogP contribution in [0.4, 0.5) is 21.5 Å². The number of anilines is 3. The minimum atomic E-state index is -4.25. The number of para-hydroxylation sites is 1. The maximum atomic E-state index is 14.4. The van der Waals surface area contributed by atoms with Crippen LogP contribution in [0, 0.1) is 31.0 Å². The number of hydrogen-bond donors (Lipinski definition) is 2. The van der Waals surface area contributed by atoms with E-state index >= 15 is 0 Å². The van der Waals surface area contributed by atoms with E-state index in [2.05, 4.69) is 16.3 Å². The molecule has 2 heterocycles. The highest BCUT2D eigenvalue weighted by Gasteiger charge is 2.29. The van der Waals surface area contributed by atoms with Gasteiger partial charge in [0.25, 0.3) is 5.91 Å². The van der Waals surface area contributed by atoms with Crippen LogP contribution in [0.2, 0.25) is 0 Å². The fraction of sp³-hybridized carbons (Fsp3) is 0.355. The number of piperidine rings is 1. The van der Waals surface area contributed by atoms with Gasteiger partial charge >= 0.3 is 0 Å². The van der Waals surface area contributed by atoms with E-state index in [0.717, 1.165) is 54.5 Å². The molecule has 0 atom stereocenters. The highest BCUT2D eigenvalue weighted by Crippen LogP contribution is 2.30. The van der Waals surface area contributed by atoms with Crippen LogP contribution in [-0.4, -0.2) is 64.5 Å². The Hall–Kier alpha value is -4.14. The van der Waals surface area contributed by atoms with Crippen LogP contribution in [0.15, 0.2) is 59.5 Å². The number of carbonyl (C=O) groups excluding carboxylic acids is 1. The first-order valence-electron chi connectivity index (χ1n) is 14.0. The van der Waals surface area contributed by atoms with Crippen molar-refractivity contribution in [2.75, 3.05) is 54.4 Å². The molecular formula is C31H35FN6O3S. The van der Waals surface area contributed by atoms with Crippen LogP contribution in [-0.2, 0) is 10.0 Å². The monoisotopic (exact) mass is 590 g/mol. The Balaban J connectivity index is 1.25. The van der Waals surface area contributed by atoms with Gasteiger partial charge in [-0.25, -0.2) is 17.9 Å². The number of nitrogens with zero attached hydrogens (tertiary/aromatic N) is 4. The lowest BCUT2D eigenvalue weighted by Crippen LogP contribution is -2.49. The van der Waals surface area contributed by atoms with Crippen LogP contribution in [0.25, 0.3) is 0 Å². The standard InChI is InChI=1S/C31H35FN6O3S/c1-21-18-22(2)27(35-24-10-12-36(13-11-24)28-8-4-3-6-23(28)20-33)19-25(21)31(39)38-16-14-37(15-17-38)29-9-5-7-26(32)30(29)42(34,40)41/h3-9,18-19,24,35H,10-17H2,1-2H3,(H2,34,40,41). The number of nitriles is 1. The first kappa shape index (κ1) is 29.4. The molecule has 0 aromatic heterocycles. The Morgan fingerprint density at radius 1 is 0.929 bits per heavy atom. The topological polar surface area (TPSA) is 123 Å². The van der Waals surface area contributed by atoms with Gasteiger partial charge in [0.1, 0.15) is 16.8 Å². The predicted molar refractivity (Wildman–Crippen MR) is 162 cm³/mol. The molecule has 0 saturated carbocycles. The number of primary sulfonamides is 1. The molecule has 3 aromatic carbocycles. The number of halogens is 1. The molecule has 5 rings (SSSR count). The smallest absolute Gasteiger partial charge is 0.254 e. The summed E-state index contributed by atoms with van der Waals surface area (Å²) in [6, 6.07) is 18.2. The van der Waals surface area contributed by atoms with Gasteiger partial charge in [0.15, 0.2) is 0 Å². The van der Waals surface area contributed by atoms with E-state index in [9.17, 15) is 22.9 Å². The molecule has 11 heteroatoms. The Morgan fingerprint density at radius 3 is 2.24 bits per heavy atom. The fourth-order valence-electron chi connectivity index (χ4n) is 5.92. The molecule has 0 spiro atoms. The molecule has 2 aliphatic rings. The summed E-state index contributed by atoms with van der Waals surface area (Å²) in [6.07, 6.45) is 1.80.